The van der Waals surface area contributed by atoms with E-state index in [0.29, 0.717) is 22.4 Å². The average molecular weight is 439 g/mol. The molecule has 0 unspecified atom stereocenters. The number of carbonyl (C=O) groups excluding carboxylic acids is 1. The first-order chi connectivity index (χ1) is 13.4. The second-order valence-electron chi connectivity index (χ2n) is 7.83. The van der Waals surface area contributed by atoms with E-state index >= 15 is 0 Å². The summed E-state index contributed by atoms with van der Waals surface area (Å²) in [6.07, 6.45) is 0.181. The molecular weight excluding hydrogens is 414 g/mol. The summed E-state index contributed by atoms with van der Waals surface area (Å²) in [6.45, 7) is 2.45. The summed E-state index contributed by atoms with van der Waals surface area (Å²) in [4.78, 5) is 17.1. The molecule has 2 fully saturated rings. The Morgan fingerprint density at radius 1 is 1.17 bits per heavy atom. The van der Waals surface area contributed by atoms with Crippen LogP contribution in [0.25, 0.3) is 0 Å². The summed E-state index contributed by atoms with van der Waals surface area (Å²) in [7, 11) is 3.81. The molecule has 0 saturated carbocycles. The van der Waals surface area contributed by atoms with Gasteiger partial charge in [-0.15, -0.1) is 12.4 Å². The third-order valence-corrected chi connectivity index (χ3v) is 6.20. The van der Waals surface area contributed by atoms with Crippen LogP contribution in [0.3, 0.4) is 0 Å². The Bertz CT molecular complexity index is 857. The smallest absolute Gasteiger partial charge is 0.227 e. The lowest BCUT2D eigenvalue weighted by Crippen LogP contribution is -2.34. The van der Waals surface area contributed by atoms with Gasteiger partial charge in [0, 0.05) is 36.6 Å². The zero-order chi connectivity index (χ0) is 19.8. The van der Waals surface area contributed by atoms with E-state index in [9.17, 15) is 9.18 Å². The van der Waals surface area contributed by atoms with Crippen molar-refractivity contribution in [2.75, 3.05) is 33.8 Å². The molecule has 0 spiro atoms. The number of halogens is 3. The fourth-order valence-electron chi connectivity index (χ4n) is 4.76. The zero-order valence-corrected chi connectivity index (χ0v) is 18.0. The van der Waals surface area contributed by atoms with Crippen molar-refractivity contribution in [2.24, 2.45) is 11.8 Å². The molecule has 2 heterocycles. The first-order valence-corrected chi connectivity index (χ1v) is 9.89. The fraction of sp³-hybridized carbons (Fsp3) is 0.409. The number of hydrogen-bond acceptors (Lipinski definition) is 3. The molecule has 7 heteroatoms. The largest absolute Gasteiger partial charge is 0.497 e. The van der Waals surface area contributed by atoms with Gasteiger partial charge in [-0.1, -0.05) is 23.7 Å². The van der Waals surface area contributed by atoms with Gasteiger partial charge < -0.3 is 9.64 Å². The minimum Gasteiger partial charge on any atom is -0.497 e. The van der Waals surface area contributed by atoms with E-state index in [0.717, 1.165) is 25.4 Å². The number of rotatable bonds is 4. The first kappa shape index (κ1) is 21.9. The molecule has 2 saturated heterocycles. The van der Waals surface area contributed by atoms with Gasteiger partial charge in [-0.3, -0.25) is 9.69 Å². The van der Waals surface area contributed by atoms with Gasteiger partial charge in [0.1, 0.15) is 11.6 Å². The van der Waals surface area contributed by atoms with Crippen LogP contribution in [0.4, 0.5) is 4.39 Å². The number of nitrogens with zero attached hydrogens (tertiary/aromatic N) is 2. The minimum atomic E-state index is -0.408. The maximum atomic E-state index is 13.6. The van der Waals surface area contributed by atoms with E-state index < -0.39 is 5.82 Å². The van der Waals surface area contributed by atoms with Crippen molar-refractivity contribution in [1.82, 2.24) is 9.80 Å². The van der Waals surface area contributed by atoms with Crippen molar-refractivity contribution in [2.45, 2.75) is 12.5 Å². The maximum absolute atomic E-state index is 13.6. The van der Waals surface area contributed by atoms with E-state index in [2.05, 4.69) is 24.1 Å². The number of benzene rings is 2. The van der Waals surface area contributed by atoms with Gasteiger partial charge >= 0.3 is 0 Å². The van der Waals surface area contributed by atoms with E-state index in [1.165, 1.54) is 17.7 Å². The Balaban J connectivity index is 0.00000240. The molecule has 2 aromatic carbocycles. The molecule has 156 valence electrons. The predicted molar refractivity (Wildman–Crippen MR) is 114 cm³/mol. The Labute approximate surface area is 182 Å². The van der Waals surface area contributed by atoms with Gasteiger partial charge in [-0.05, 0) is 54.4 Å². The van der Waals surface area contributed by atoms with Crippen molar-refractivity contribution in [3.63, 3.8) is 0 Å². The monoisotopic (exact) mass is 438 g/mol. The molecular formula is C22H25Cl2FN2O2. The molecule has 29 heavy (non-hydrogen) atoms. The van der Waals surface area contributed by atoms with Crippen LogP contribution in [0.1, 0.15) is 17.2 Å². The second-order valence-corrected chi connectivity index (χ2v) is 8.27. The summed E-state index contributed by atoms with van der Waals surface area (Å²) in [5.41, 5.74) is 1.87. The van der Waals surface area contributed by atoms with E-state index in [-0.39, 0.29) is 30.8 Å². The summed E-state index contributed by atoms with van der Waals surface area (Å²) in [5, 5.41) is 0.322. The standard InChI is InChI=1S/C22H24ClFN2O2.ClH/c1-25-11-16-12-26(21(27)9-14-7-17(23)10-18(24)8-14)13-20(16)22(25)15-3-5-19(28-2)6-4-15;/h3-8,10,16,20,22H,9,11-13H2,1-2H3;1H/t16-,20+,22-;/m0./s1. The second kappa shape index (κ2) is 8.90. The quantitative estimate of drug-likeness (QED) is 0.716. The molecule has 0 radical (unpaired) electrons. The lowest BCUT2D eigenvalue weighted by Gasteiger charge is -2.27. The van der Waals surface area contributed by atoms with Crippen molar-refractivity contribution in [1.29, 1.82) is 0 Å². The molecule has 3 atom stereocenters. The fourth-order valence-corrected chi connectivity index (χ4v) is 5.01. The highest BCUT2D eigenvalue weighted by Gasteiger charge is 2.47. The summed E-state index contributed by atoms with van der Waals surface area (Å²) < 4.78 is 18.8. The SMILES string of the molecule is COc1ccc([C@H]2[C@@H]3CN(C(=O)Cc4cc(F)cc(Cl)c4)C[C@@H]3CN2C)cc1.Cl. The number of carbonyl (C=O) groups is 1. The van der Waals surface area contributed by atoms with Gasteiger partial charge in [0.15, 0.2) is 0 Å². The molecule has 0 aromatic heterocycles. The molecule has 4 rings (SSSR count). The Kier molecular flexibility index (Phi) is 6.72. The summed E-state index contributed by atoms with van der Waals surface area (Å²) >= 11 is 5.92. The highest BCUT2D eigenvalue weighted by atomic mass is 35.5. The van der Waals surface area contributed by atoms with Gasteiger partial charge in [0.2, 0.25) is 5.91 Å². The molecule has 0 bridgehead atoms. The first-order valence-electron chi connectivity index (χ1n) is 9.51. The van der Waals surface area contributed by atoms with E-state index in [1.807, 2.05) is 17.0 Å². The van der Waals surface area contributed by atoms with Gasteiger partial charge in [-0.2, -0.15) is 0 Å². The van der Waals surface area contributed by atoms with Crippen LogP contribution in [-0.4, -0.2) is 49.5 Å². The summed E-state index contributed by atoms with van der Waals surface area (Å²) in [5.74, 6) is 1.33. The van der Waals surface area contributed by atoms with Crippen molar-refractivity contribution < 1.29 is 13.9 Å². The number of ether oxygens (including phenoxy) is 1. The number of methoxy groups -OCH3 is 1. The molecule has 2 aliphatic rings. The van der Waals surface area contributed by atoms with Crippen LogP contribution in [-0.2, 0) is 11.2 Å². The van der Waals surface area contributed by atoms with Crippen LogP contribution in [0, 0.1) is 17.7 Å². The van der Waals surface area contributed by atoms with Crippen LogP contribution < -0.4 is 4.74 Å². The van der Waals surface area contributed by atoms with E-state index in [4.69, 9.17) is 16.3 Å². The highest BCUT2D eigenvalue weighted by Crippen LogP contribution is 2.44. The number of fused-ring (bicyclic) bond motifs is 1. The van der Waals surface area contributed by atoms with Gasteiger partial charge in [0.25, 0.3) is 0 Å². The predicted octanol–water partition coefficient (Wildman–Crippen LogP) is 4.21. The highest BCUT2D eigenvalue weighted by molar-refractivity contribution is 6.30. The zero-order valence-electron chi connectivity index (χ0n) is 16.5. The number of hydrogen-bond donors (Lipinski definition) is 0. The van der Waals surface area contributed by atoms with Crippen LogP contribution >= 0.6 is 24.0 Å². The molecule has 2 aromatic rings. The van der Waals surface area contributed by atoms with Crippen molar-refractivity contribution in [3.05, 3.63) is 64.4 Å². The Hall–Kier alpha value is -1.82. The third-order valence-electron chi connectivity index (χ3n) is 5.98. The molecule has 1 amide bonds. The number of amides is 1. The molecule has 0 N–H and O–H groups in total. The van der Waals surface area contributed by atoms with Crippen LogP contribution in [0.5, 0.6) is 5.75 Å². The van der Waals surface area contributed by atoms with Crippen molar-refractivity contribution in [3.8, 4) is 5.75 Å². The van der Waals surface area contributed by atoms with Crippen LogP contribution in [0.15, 0.2) is 42.5 Å². The topological polar surface area (TPSA) is 32.8 Å². The van der Waals surface area contributed by atoms with Gasteiger partial charge in [0.05, 0.1) is 13.5 Å². The summed E-state index contributed by atoms with van der Waals surface area (Å²) in [6, 6.07) is 12.8. The third kappa shape index (κ3) is 4.52. The Morgan fingerprint density at radius 2 is 1.90 bits per heavy atom. The van der Waals surface area contributed by atoms with Crippen LogP contribution in [0.2, 0.25) is 5.02 Å². The van der Waals surface area contributed by atoms with Gasteiger partial charge in [-0.25, -0.2) is 4.39 Å². The normalized spacial score (nSPS) is 23.6. The van der Waals surface area contributed by atoms with E-state index in [1.54, 1.807) is 13.2 Å². The lowest BCUT2D eigenvalue weighted by atomic mass is 9.89. The van der Waals surface area contributed by atoms with Crippen molar-refractivity contribution >= 4 is 29.9 Å². The minimum absolute atomic E-state index is 0. The Morgan fingerprint density at radius 3 is 2.55 bits per heavy atom. The molecule has 2 aliphatic heterocycles. The number of likely N-dealkylation sites (tertiary alicyclic amines) is 2. The lowest BCUT2D eigenvalue weighted by molar-refractivity contribution is -0.129. The molecule has 0 aliphatic carbocycles. The molecule has 4 nitrogen and oxygen atoms in total. The average Bonchev–Trinajstić information content (AvgIpc) is 3.17. The maximum Gasteiger partial charge on any atom is 0.227 e.